The molecule has 0 radical (unpaired) electrons. The summed E-state index contributed by atoms with van der Waals surface area (Å²) in [6, 6.07) is 0. The van der Waals surface area contributed by atoms with Crippen molar-refractivity contribution >= 4 is 29.9 Å². The number of aryl methyl sites for hydroxylation is 1. The van der Waals surface area contributed by atoms with Crippen LogP contribution >= 0.6 is 24.0 Å². The summed E-state index contributed by atoms with van der Waals surface area (Å²) in [5.74, 6) is 3.06. The summed E-state index contributed by atoms with van der Waals surface area (Å²) < 4.78 is 7.33. The molecule has 0 fully saturated rings. The molecular weight excluding hydrogens is 407 g/mol. The third kappa shape index (κ3) is 6.62. The molecule has 2 heterocycles. The maximum absolute atomic E-state index is 5.03. The summed E-state index contributed by atoms with van der Waals surface area (Å²) in [5.41, 5.74) is 0. The quantitative estimate of drug-likeness (QED) is 0.292. The van der Waals surface area contributed by atoms with Gasteiger partial charge in [-0.3, -0.25) is 4.99 Å². The van der Waals surface area contributed by atoms with Crippen molar-refractivity contribution in [2.24, 2.45) is 4.99 Å². The van der Waals surface area contributed by atoms with Crippen LogP contribution < -0.4 is 10.6 Å². The van der Waals surface area contributed by atoms with Crippen molar-refractivity contribution in [1.82, 2.24) is 25.4 Å². The molecule has 0 aliphatic carbocycles. The van der Waals surface area contributed by atoms with Gasteiger partial charge in [0.15, 0.2) is 5.96 Å². The van der Waals surface area contributed by atoms with Gasteiger partial charge >= 0.3 is 0 Å². The molecule has 0 unspecified atom stereocenters. The van der Waals surface area contributed by atoms with E-state index in [0.29, 0.717) is 0 Å². The topological polar surface area (TPSA) is 76.4 Å². The van der Waals surface area contributed by atoms with Crippen molar-refractivity contribution in [1.29, 1.82) is 0 Å². The number of hydrogen-bond acceptors (Lipinski definition) is 4. The first-order valence-corrected chi connectivity index (χ1v) is 8.19. The fraction of sp³-hybridized carbons (Fsp3) is 0.800. The molecule has 2 N–H and O–H groups in total. The zero-order valence-corrected chi connectivity index (χ0v) is 16.5. The van der Waals surface area contributed by atoms with E-state index in [2.05, 4.69) is 30.4 Å². The van der Waals surface area contributed by atoms with Crippen LogP contribution in [0.2, 0.25) is 0 Å². The van der Waals surface area contributed by atoms with Crippen LogP contribution in [0.5, 0.6) is 0 Å². The van der Waals surface area contributed by atoms with Crippen LogP contribution in [0.15, 0.2) is 4.99 Å². The van der Waals surface area contributed by atoms with Crippen molar-refractivity contribution < 1.29 is 4.74 Å². The second kappa shape index (κ2) is 11.6. The first-order chi connectivity index (χ1) is 10.8. The summed E-state index contributed by atoms with van der Waals surface area (Å²) in [4.78, 5) is 4.22. The van der Waals surface area contributed by atoms with Crippen molar-refractivity contribution in [2.45, 2.75) is 45.1 Å². The molecule has 0 saturated heterocycles. The van der Waals surface area contributed by atoms with Gasteiger partial charge in [-0.2, -0.15) is 0 Å². The van der Waals surface area contributed by atoms with E-state index in [1.54, 1.807) is 14.2 Å². The molecule has 0 atom stereocenters. The molecule has 1 aromatic heterocycles. The molecule has 0 bridgehead atoms. The molecule has 2 rings (SSSR count). The highest BCUT2D eigenvalue weighted by atomic mass is 127. The van der Waals surface area contributed by atoms with Gasteiger partial charge in [-0.25, -0.2) is 0 Å². The first kappa shape index (κ1) is 20.1. The van der Waals surface area contributed by atoms with Gasteiger partial charge in [-0.05, 0) is 19.3 Å². The highest BCUT2D eigenvalue weighted by Crippen LogP contribution is 2.14. The van der Waals surface area contributed by atoms with E-state index in [-0.39, 0.29) is 24.0 Å². The zero-order valence-electron chi connectivity index (χ0n) is 14.2. The summed E-state index contributed by atoms with van der Waals surface area (Å²) in [6.07, 6.45) is 6.64. The summed E-state index contributed by atoms with van der Waals surface area (Å²) in [5, 5.41) is 15.3. The number of methoxy groups -OCH3 is 1. The second-order valence-corrected chi connectivity index (χ2v) is 5.52. The summed E-state index contributed by atoms with van der Waals surface area (Å²) in [7, 11) is 3.50. The smallest absolute Gasteiger partial charge is 0.190 e. The van der Waals surface area contributed by atoms with Gasteiger partial charge in [0.2, 0.25) is 0 Å². The maximum Gasteiger partial charge on any atom is 0.190 e. The highest BCUT2D eigenvalue weighted by molar-refractivity contribution is 14.0. The van der Waals surface area contributed by atoms with Crippen molar-refractivity contribution in [2.75, 3.05) is 33.9 Å². The average Bonchev–Trinajstić information content (AvgIpc) is 2.77. The molecule has 7 nitrogen and oxygen atoms in total. The Morgan fingerprint density at radius 3 is 2.83 bits per heavy atom. The van der Waals surface area contributed by atoms with Crippen molar-refractivity contribution in [3.05, 3.63) is 11.6 Å². The van der Waals surface area contributed by atoms with Gasteiger partial charge in [0.25, 0.3) is 0 Å². The number of rotatable bonds is 7. The zero-order chi connectivity index (χ0) is 15.6. The Kier molecular flexibility index (Phi) is 10.2. The predicted octanol–water partition coefficient (Wildman–Crippen LogP) is 1.37. The molecule has 0 amide bonds. The van der Waals surface area contributed by atoms with E-state index < -0.39 is 0 Å². The van der Waals surface area contributed by atoms with Gasteiger partial charge in [0.05, 0.1) is 0 Å². The normalized spacial score (nSPS) is 14.6. The lowest BCUT2D eigenvalue weighted by Crippen LogP contribution is -2.39. The lowest BCUT2D eigenvalue weighted by atomic mass is 10.2. The number of aromatic nitrogens is 3. The molecule has 0 saturated carbocycles. The number of aliphatic imine (C=N–C) groups is 1. The van der Waals surface area contributed by atoms with Crippen molar-refractivity contribution in [3.8, 4) is 0 Å². The molecule has 23 heavy (non-hydrogen) atoms. The number of hydrogen-bond donors (Lipinski definition) is 2. The number of fused-ring (bicyclic) bond motifs is 1. The van der Waals surface area contributed by atoms with Crippen LogP contribution in [0.25, 0.3) is 0 Å². The minimum atomic E-state index is 0. The monoisotopic (exact) mass is 436 g/mol. The van der Waals surface area contributed by atoms with Crippen LogP contribution in [0, 0.1) is 0 Å². The summed E-state index contributed by atoms with van der Waals surface area (Å²) >= 11 is 0. The number of halogens is 1. The predicted molar refractivity (Wildman–Crippen MR) is 103 cm³/mol. The van der Waals surface area contributed by atoms with Crippen LogP contribution in [0.1, 0.15) is 37.3 Å². The number of guanidine groups is 1. The Hall–Kier alpha value is -0.900. The molecule has 1 aromatic rings. The summed E-state index contributed by atoms with van der Waals surface area (Å²) in [6.45, 7) is 3.48. The Labute approximate surface area is 155 Å². The Morgan fingerprint density at radius 1 is 1.22 bits per heavy atom. The van der Waals surface area contributed by atoms with E-state index in [1.807, 2.05) is 0 Å². The van der Waals surface area contributed by atoms with E-state index in [9.17, 15) is 0 Å². The third-order valence-electron chi connectivity index (χ3n) is 3.87. The lowest BCUT2D eigenvalue weighted by molar-refractivity contribution is 0.195. The molecule has 132 valence electrons. The number of nitrogens with zero attached hydrogens (tertiary/aromatic N) is 4. The highest BCUT2D eigenvalue weighted by Gasteiger charge is 2.14. The molecule has 1 aliphatic rings. The first-order valence-electron chi connectivity index (χ1n) is 8.19. The molecule has 8 heteroatoms. The minimum Gasteiger partial charge on any atom is -0.385 e. The fourth-order valence-corrected chi connectivity index (χ4v) is 2.67. The number of nitrogens with one attached hydrogen (secondary N) is 2. The van der Waals surface area contributed by atoms with Crippen molar-refractivity contribution in [3.63, 3.8) is 0 Å². The van der Waals surface area contributed by atoms with Crippen LogP contribution in [-0.4, -0.2) is 54.6 Å². The Bertz CT molecular complexity index is 477. The Balaban J connectivity index is 0.00000264. The third-order valence-corrected chi connectivity index (χ3v) is 3.87. The minimum absolute atomic E-state index is 0. The second-order valence-electron chi connectivity index (χ2n) is 5.52. The fourth-order valence-electron chi connectivity index (χ4n) is 2.67. The van der Waals surface area contributed by atoms with Crippen LogP contribution in [0.4, 0.5) is 0 Å². The standard InChI is InChI=1S/C15H28N6O.HI/c1-16-15(17-9-6-12-22-2)18-10-8-14-20-19-13-7-4-3-5-11-21(13)14;/h3-12H2,1-2H3,(H2,16,17,18);1H. The average molecular weight is 436 g/mol. The van der Waals surface area contributed by atoms with E-state index in [4.69, 9.17) is 4.74 Å². The van der Waals surface area contributed by atoms with Gasteiger partial charge in [-0.1, -0.05) is 6.42 Å². The lowest BCUT2D eigenvalue weighted by Gasteiger charge is -2.12. The van der Waals surface area contributed by atoms with Gasteiger partial charge < -0.3 is 19.9 Å². The maximum atomic E-state index is 5.03. The van der Waals surface area contributed by atoms with E-state index in [0.717, 1.165) is 63.1 Å². The Morgan fingerprint density at radius 2 is 2.04 bits per heavy atom. The van der Waals surface area contributed by atoms with Gasteiger partial charge in [0, 0.05) is 53.2 Å². The van der Waals surface area contributed by atoms with Gasteiger partial charge in [0.1, 0.15) is 11.6 Å². The van der Waals surface area contributed by atoms with Crippen LogP contribution in [0.3, 0.4) is 0 Å². The number of ether oxygens (including phenoxy) is 1. The molecule has 0 aromatic carbocycles. The molecule has 1 aliphatic heterocycles. The van der Waals surface area contributed by atoms with Crippen LogP contribution in [-0.2, 0) is 24.1 Å². The largest absolute Gasteiger partial charge is 0.385 e. The SMILES string of the molecule is CN=C(NCCCOC)NCCc1nnc2n1CCCCC2.I. The molecule has 0 spiro atoms. The van der Waals surface area contributed by atoms with E-state index >= 15 is 0 Å². The van der Waals surface area contributed by atoms with Gasteiger partial charge in [-0.15, -0.1) is 34.2 Å². The van der Waals surface area contributed by atoms with E-state index in [1.165, 1.54) is 19.3 Å². The molecular formula is C15H29IN6O.